The molecule has 0 bridgehead atoms. The van der Waals surface area contributed by atoms with Crippen molar-refractivity contribution in [2.24, 2.45) is 0 Å². The van der Waals surface area contributed by atoms with E-state index in [1.807, 2.05) is 42.5 Å². The molecule has 0 aromatic heterocycles. The van der Waals surface area contributed by atoms with Gasteiger partial charge in [-0.25, -0.2) is 4.79 Å². The van der Waals surface area contributed by atoms with E-state index in [2.05, 4.69) is 12.6 Å². The van der Waals surface area contributed by atoms with Crippen LogP contribution in [0.4, 0.5) is 0 Å². The summed E-state index contributed by atoms with van der Waals surface area (Å²) in [5.41, 5.74) is 0. The van der Waals surface area contributed by atoms with E-state index in [1.54, 1.807) is 0 Å². The highest BCUT2D eigenvalue weighted by Gasteiger charge is 2.13. The first-order chi connectivity index (χ1) is 12.1. The molecule has 3 rings (SSSR count). The van der Waals surface area contributed by atoms with E-state index in [0.29, 0.717) is 10.8 Å². The van der Waals surface area contributed by atoms with Gasteiger partial charge in [0, 0.05) is 21.9 Å². The van der Waals surface area contributed by atoms with Gasteiger partial charge >= 0.3 is 5.97 Å². The van der Waals surface area contributed by atoms with Crippen LogP contribution in [0.15, 0.2) is 61.2 Å². The first-order valence-electron chi connectivity index (χ1n) is 7.79. The SMILES string of the molecule is C=CC(=O)OCC(O)COc1c2ccccc2cc2ccc(Cl)cc12. The number of ether oxygens (including phenoxy) is 2. The molecule has 0 aliphatic heterocycles. The molecule has 0 aliphatic carbocycles. The fourth-order valence-electron chi connectivity index (χ4n) is 2.61. The lowest BCUT2D eigenvalue weighted by atomic mass is 10.0. The molecule has 0 saturated heterocycles. The zero-order chi connectivity index (χ0) is 17.8. The normalized spacial score (nSPS) is 12.1. The zero-order valence-electron chi connectivity index (χ0n) is 13.4. The van der Waals surface area contributed by atoms with Gasteiger partial charge in [0.1, 0.15) is 25.1 Å². The van der Waals surface area contributed by atoms with Crippen molar-refractivity contribution in [3.8, 4) is 5.75 Å². The van der Waals surface area contributed by atoms with Gasteiger partial charge in [-0.1, -0.05) is 48.5 Å². The fraction of sp³-hybridized carbons (Fsp3) is 0.150. The highest BCUT2D eigenvalue weighted by atomic mass is 35.5. The number of esters is 1. The molecule has 0 heterocycles. The Balaban J connectivity index is 1.91. The van der Waals surface area contributed by atoms with Crippen molar-refractivity contribution >= 4 is 39.1 Å². The summed E-state index contributed by atoms with van der Waals surface area (Å²) >= 11 is 6.13. The predicted molar refractivity (Wildman–Crippen MR) is 99.1 cm³/mol. The molecule has 3 aromatic rings. The molecule has 0 spiro atoms. The second-order valence-electron chi connectivity index (χ2n) is 5.59. The first kappa shape index (κ1) is 17.3. The van der Waals surface area contributed by atoms with Crippen LogP contribution in [0, 0.1) is 0 Å². The number of fused-ring (bicyclic) bond motifs is 2. The number of rotatable bonds is 6. The van der Waals surface area contributed by atoms with Gasteiger partial charge in [-0.15, -0.1) is 0 Å². The van der Waals surface area contributed by atoms with Crippen LogP contribution in [-0.2, 0) is 9.53 Å². The Morgan fingerprint density at radius 1 is 1.12 bits per heavy atom. The van der Waals surface area contributed by atoms with Crippen LogP contribution in [0.3, 0.4) is 0 Å². The molecule has 0 amide bonds. The Bertz CT molecular complexity index is 936. The quantitative estimate of drug-likeness (QED) is 0.410. The maximum atomic E-state index is 11.1. The molecule has 128 valence electrons. The lowest BCUT2D eigenvalue weighted by Crippen LogP contribution is -2.24. The molecule has 1 unspecified atom stereocenters. The molecule has 4 nitrogen and oxygen atoms in total. The zero-order valence-corrected chi connectivity index (χ0v) is 14.2. The van der Waals surface area contributed by atoms with Crippen LogP contribution in [0.5, 0.6) is 5.75 Å². The molecule has 1 N–H and O–H groups in total. The van der Waals surface area contributed by atoms with Gasteiger partial charge in [-0.3, -0.25) is 0 Å². The highest BCUT2D eigenvalue weighted by molar-refractivity contribution is 6.31. The number of hydrogen-bond acceptors (Lipinski definition) is 4. The van der Waals surface area contributed by atoms with Gasteiger partial charge in [0.2, 0.25) is 0 Å². The fourth-order valence-corrected chi connectivity index (χ4v) is 2.79. The molecule has 0 aliphatic rings. The molecule has 1 atom stereocenters. The number of hydrogen-bond donors (Lipinski definition) is 1. The largest absolute Gasteiger partial charge is 0.489 e. The number of aliphatic hydroxyl groups excluding tert-OH is 1. The van der Waals surface area contributed by atoms with Crippen LogP contribution in [0.2, 0.25) is 5.02 Å². The second-order valence-corrected chi connectivity index (χ2v) is 6.03. The Morgan fingerprint density at radius 3 is 2.68 bits per heavy atom. The Hall–Kier alpha value is -2.56. The average Bonchev–Trinajstić information content (AvgIpc) is 2.63. The number of aliphatic hydroxyl groups is 1. The summed E-state index contributed by atoms with van der Waals surface area (Å²) in [4.78, 5) is 11.1. The van der Waals surface area contributed by atoms with Crippen LogP contribution in [0.25, 0.3) is 21.5 Å². The summed E-state index contributed by atoms with van der Waals surface area (Å²) in [5.74, 6) is 0.0612. The second kappa shape index (κ2) is 7.55. The van der Waals surface area contributed by atoms with E-state index >= 15 is 0 Å². The number of carbonyl (C=O) groups is 1. The number of halogens is 1. The van der Waals surface area contributed by atoms with Gasteiger partial charge in [0.15, 0.2) is 0 Å². The molecular weight excluding hydrogens is 340 g/mol. The Labute approximate surface area is 150 Å². The topological polar surface area (TPSA) is 55.8 Å². The van der Waals surface area contributed by atoms with E-state index in [0.717, 1.165) is 27.6 Å². The van der Waals surface area contributed by atoms with Gasteiger partial charge in [0.25, 0.3) is 0 Å². The summed E-state index contributed by atoms with van der Waals surface area (Å²) in [7, 11) is 0. The number of carbonyl (C=O) groups excluding carboxylic acids is 1. The predicted octanol–water partition coefficient (Wildman–Crippen LogP) is 4.12. The van der Waals surface area contributed by atoms with Gasteiger partial charge in [-0.2, -0.15) is 0 Å². The van der Waals surface area contributed by atoms with Crippen molar-refractivity contribution in [2.45, 2.75) is 6.10 Å². The summed E-state index contributed by atoms with van der Waals surface area (Å²) in [6, 6.07) is 15.5. The third-order valence-electron chi connectivity index (χ3n) is 3.78. The summed E-state index contributed by atoms with van der Waals surface area (Å²) in [6.07, 6.45) is 0.102. The third kappa shape index (κ3) is 3.92. The van der Waals surface area contributed by atoms with Crippen LogP contribution < -0.4 is 4.74 Å². The van der Waals surface area contributed by atoms with E-state index < -0.39 is 12.1 Å². The monoisotopic (exact) mass is 356 g/mol. The molecule has 0 radical (unpaired) electrons. The maximum Gasteiger partial charge on any atom is 0.330 e. The average molecular weight is 357 g/mol. The van der Waals surface area contributed by atoms with Crippen molar-refractivity contribution in [3.63, 3.8) is 0 Å². The minimum Gasteiger partial charge on any atom is -0.489 e. The Morgan fingerprint density at radius 2 is 1.88 bits per heavy atom. The van der Waals surface area contributed by atoms with E-state index in [-0.39, 0.29) is 13.2 Å². The summed E-state index contributed by atoms with van der Waals surface area (Å²) < 4.78 is 10.7. The van der Waals surface area contributed by atoms with Gasteiger partial charge < -0.3 is 14.6 Å². The van der Waals surface area contributed by atoms with Gasteiger partial charge in [-0.05, 0) is 29.0 Å². The summed E-state index contributed by atoms with van der Waals surface area (Å²) in [5, 5.41) is 14.4. The van der Waals surface area contributed by atoms with E-state index in [4.69, 9.17) is 21.1 Å². The molecule has 0 saturated carbocycles. The summed E-state index contributed by atoms with van der Waals surface area (Å²) in [6.45, 7) is 3.14. The van der Waals surface area contributed by atoms with Crippen molar-refractivity contribution in [1.82, 2.24) is 0 Å². The highest BCUT2D eigenvalue weighted by Crippen LogP contribution is 2.36. The Kier molecular flexibility index (Phi) is 5.22. The molecular formula is C20H17ClO4. The van der Waals surface area contributed by atoms with Crippen molar-refractivity contribution in [3.05, 3.63) is 66.2 Å². The van der Waals surface area contributed by atoms with Gasteiger partial charge in [0.05, 0.1) is 0 Å². The minimum absolute atomic E-state index is 0.0138. The van der Waals surface area contributed by atoms with E-state index in [1.165, 1.54) is 0 Å². The first-order valence-corrected chi connectivity index (χ1v) is 8.17. The van der Waals surface area contributed by atoms with Crippen LogP contribution >= 0.6 is 11.6 Å². The third-order valence-corrected chi connectivity index (χ3v) is 4.02. The van der Waals surface area contributed by atoms with Crippen molar-refractivity contribution in [2.75, 3.05) is 13.2 Å². The van der Waals surface area contributed by atoms with Crippen molar-refractivity contribution in [1.29, 1.82) is 0 Å². The smallest absolute Gasteiger partial charge is 0.330 e. The number of benzene rings is 3. The molecule has 0 fully saturated rings. The minimum atomic E-state index is -0.947. The lowest BCUT2D eigenvalue weighted by molar-refractivity contribution is -0.141. The maximum absolute atomic E-state index is 11.1. The molecule has 3 aromatic carbocycles. The van der Waals surface area contributed by atoms with E-state index in [9.17, 15) is 9.90 Å². The standard InChI is InChI=1S/C20H17ClO4/c1-2-19(23)24-11-16(22)12-25-20-17-6-4-3-5-13(17)9-14-7-8-15(21)10-18(14)20/h2-10,16,22H,1,11-12H2. The van der Waals surface area contributed by atoms with Crippen molar-refractivity contribution < 1.29 is 19.4 Å². The molecule has 25 heavy (non-hydrogen) atoms. The van der Waals surface area contributed by atoms with Crippen LogP contribution in [-0.4, -0.2) is 30.4 Å². The molecule has 5 heteroatoms. The lowest BCUT2D eigenvalue weighted by Gasteiger charge is -2.16. The van der Waals surface area contributed by atoms with Crippen LogP contribution in [0.1, 0.15) is 0 Å².